The normalized spacial score (nSPS) is 11.7. The number of nitrogens with zero attached hydrogens (tertiary/aromatic N) is 3. The number of para-hydroxylation sites is 1. The Bertz CT molecular complexity index is 1120. The second-order valence-electron chi connectivity index (χ2n) is 6.39. The van der Waals surface area contributed by atoms with Crippen LogP contribution in [0.15, 0.2) is 70.8 Å². The first-order valence-electron chi connectivity index (χ1n) is 8.84. The van der Waals surface area contributed by atoms with Crippen LogP contribution in [0.4, 0.5) is 17.5 Å². The number of aromatic nitrogens is 2. The molecule has 29 heavy (non-hydrogen) atoms. The molecule has 7 nitrogen and oxygen atoms in total. The molecule has 0 spiro atoms. The fraction of sp³-hybridized carbons (Fsp3) is 0.150. The molecule has 3 rings (SSSR count). The van der Waals surface area contributed by atoms with E-state index in [-0.39, 0.29) is 21.7 Å². The third-order valence-electron chi connectivity index (χ3n) is 3.99. The van der Waals surface area contributed by atoms with Gasteiger partial charge in [0.2, 0.25) is 5.95 Å². The molecule has 0 saturated heterocycles. The van der Waals surface area contributed by atoms with E-state index in [1.54, 1.807) is 44.3 Å². The fourth-order valence-corrected chi connectivity index (χ4v) is 3.75. The summed E-state index contributed by atoms with van der Waals surface area (Å²) >= 11 is 6.20. The van der Waals surface area contributed by atoms with Crippen LogP contribution in [0.2, 0.25) is 5.02 Å². The molecule has 0 saturated carbocycles. The van der Waals surface area contributed by atoms with Crippen LogP contribution in [0, 0.1) is 0 Å². The van der Waals surface area contributed by atoms with Crippen molar-refractivity contribution >= 4 is 45.1 Å². The number of sulfone groups is 1. The topological polar surface area (TPSA) is 96.3 Å². The molecule has 0 radical (unpaired) electrons. The lowest BCUT2D eigenvalue weighted by Gasteiger charge is -2.15. The molecule has 1 heterocycles. The summed E-state index contributed by atoms with van der Waals surface area (Å²) < 4.78 is 25.3. The first kappa shape index (κ1) is 20.8. The largest absolute Gasteiger partial charge is 0.338 e. The summed E-state index contributed by atoms with van der Waals surface area (Å²) in [6, 6.07) is 16.2. The van der Waals surface area contributed by atoms with Gasteiger partial charge in [-0.15, -0.1) is 0 Å². The van der Waals surface area contributed by atoms with Gasteiger partial charge in [-0.2, -0.15) is 10.1 Å². The molecule has 0 bridgehead atoms. The molecule has 0 aliphatic rings. The van der Waals surface area contributed by atoms with Gasteiger partial charge in [-0.1, -0.05) is 54.1 Å². The monoisotopic (exact) mass is 429 g/mol. The van der Waals surface area contributed by atoms with Crippen LogP contribution in [0.1, 0.15) is 19.4 Å². The quantitative estimate of drug-likeness (QED) is 0.424. The number of hydrazone groups is 1. The van der Waals surface area contributed by atoms with Crippen LogP contribution in [0.5, 0.6) is 0 Å². The highest BCUT2D eigenvalue weighted by Crippen LogP contribution is 2.30. The van der Waals surface area contributed by atoms with Crippen molar-refractivity contribution in [3.8, 4) is 0 Å². The van der Waals surface area contributed by atoms with Gasteiger partial charge in [0.15, 0.2) is 15.7 Å². The number of hydrogen-bond donors (Lipinski definition) is 2. The van der Waals surface area contributed by atoms with E-state index in [4.69, 9.17) is 11.6 Å². The first-order valence-corrected chi connectivity index (χ1v) is 10.8. The number of rotatable bonds is 7. The molecule has 0 aliphatic heterocycles. The highest BCUT2D eigenvalue weighted by molar-refractivity contribution is 7.92. The van der Waals surface area contributed by atoms with E-state index in [0.29, 0.717) is 5.69 Å². The number of halogens is 1. The van der Waals surface area contributed by atoms with Gasteiger partial charge >= 0.3 is 0 Å². The minimum Gasteiger partial charge on any atom is -0.338 e. The third-order valence-corrected chi connectivity index (χ3v) is 6.48. The summed E-state index contributed by atoms with van der Waals surface area (Å²) in [4.78, 5) is 8.56. The van der Waals surface area contributed by atoms with E-state index < -0.39 is 15.1 Å². The maximum Gasteiger partial charge on any atom is 0.245 e. The molecule has 0 aliphatic carbocycles. The fourth-order valence-electron chi connectivity index (χ4n) is 2.41. The summed E-state index contributed by atoms with van der Waals surface area (Å²) in [6.07, 6.45) is 3.05. The van der Waals surface area contributed by atoms with Gasteiger partial charge in [-0.3, -0.25) is 0 Å². The Kier molecular flexibility index (Phi) is 6.46. The molecule has 0 atom stereocenters. The predicted octanol–water partition coefficient (Wildman–Crippen LogP) is 4.50. The Morgan fingerprint density at radius 3 is 2.48 bits per heavy atom. The van der Waals surface area contributed by atoms with Gasteiger partial charge in [0, 0.05) is 0 Å². The lowest BCUT2D eigenvalue weighted by atomic mass is 10.2. The highest BCUT2D eigenvalue weighted by atomic mass is 35.5. The first-order chi connectivity index (χ1) is 13.9. The summed E-state index contributed by atoms with van der Waals surface area (Å²) in [5.41, 5.74) is 4.05. The molecular formula is C20H20ClN5O2S. The van der Waals surface area contributed by atoms with E-state index in [0.717, 1.165) is 5.56 Å². The van der Waals surface area contributed by atoms with Crippen LogP contribution in [-0.2, 0) is 9.84 Å². The van der Waals surface area contributed by atoms with Gasteiger partial charge in [0.1, 0.15) is 5.02 Å². The Labute approximate surface area is 174 Å². The predicted molar refractivity (Wildman–Crippen MR) is 117 cm³/mol. The third kappa shape index (κ3) is 5.10. The summed E-state index contributed by atoms with van der Waals surface area (Å²) in [5.74, 6) is 0.485. The SMILES string of the molecule is CC(C)S(=O)(=O)c1ccccc1Nc1nc(N/N=C/c2ccccc2)ncc1Cl. The van der Waals surface area contributed by atoms with Crippen LogP contribution in [-0.4, -0.2) is 29.9 Å². The second-order valence-corrected chi connectivity index (χ2v) is 9.27. The molecular weight excluding hydrogens is 410 g/mol. The van der Waals surface area contributed by atoms with E-state index >= 15 is 0 Å². The molecule has 0 fully saturated rings. The van der Waals surface area contributed by atoms with Crippen LogP contribution < -0.4 is 10.7 Å². The number of nitrogens with one attached hydrogen (secondary N) is 2. The zero-order chi connectivity index (χ0) is 20.9. The zero-order valence-electron chi connectivity index (χ0n) is 15.9. The van der Waals surface area contributed by atoms with E-state index in [1.807, 2.05) is 30.3 Å². The average molecular weight is 430 g/mol. The van der Waals surface area contributed by atoms with Gasteiger partial charge in [-0.05, 0) is 31.5 Å². The highest BCUT2D eigenvalue weighted by Gasteiger charge is 2.23. The second kappa shape index (κ2) is 9.02. The lowest BCUT2D eigenvalue weighted by Crippen LogP contribution is -2.15. The van der Waals surface area contributed by atoms with Gasteiger partial charge in [-0.25, -0.2) is 18.8 Å². The van der Waals surface area contributed by atoms with E-state index in [1.165, 1.54) is 6.20 Å². The Morgan fingerprint density at radius 1 is 1.07 bits per heavy atom. The van der Waals surface area contributed by atoms with Crippen LogP contribution >= 0.6 is 11.6 Å². The van der Waals surface area contributed by atoms with Crippen LogP contribution in [0.3, 0.4) is 0 Å². The van der Waals surface area contributed by atoms with Gasteiger partial charge in [0.25, 0.3) is 0 Å². The minimum absolute atomic E-state index is 0.182. The molecule has 150 valence electrons. The summed E-state index contributed by atoms with van der Waals surface area (Å²) in [6.45, 7) is 3.27. The van der Waals surface area contributed by atoms with Crippen molar-refractivity contribution in [3.05, 3.63) is 71.4 Å². The maximum absolute atomic E-state index is 12.6. The summed E-state index contributed by atoms with van der Waals surface area (Å²) in [7, 11) is -3.48. The summed E-state index contributed by atoms with van der Waals surface area (Å²) in [5, 5.41) is 6.79. The standard InChI is InChI=1S/C20H20ClN5O2S/c1-14(2)29(27,28)18-11-7-6-10-17(18)24-19-16(21)13-22-20(25-19)26-23-12-15-8-4-3-5-9-15/h3-14H,1-2H3,(H2,22,24,25,26)/b23-12+. The van der Waals surface area contributed by atoms with Gasteiger partial charge < -0.3 is 5.32 Å². The average Bonchev–Trinajstić information content (AvgIpc) is 2.71. The molecule has 2 aromatic carbocycles. The van der Waals surface area contributed by atoms with Crippen LogP contribution in [0.25, 0.3) is 0 Å². The molecule has 0 amide bonds. The molecule has 0 unspecified atom stereocenters. The van der Waals surface area contributed by atoms with E-state index in [2.05, 4.69) is 25.8 Å². The van der Waals surface area contributed by atoms with Crippen molar-refractivity contribution in [3.63, 3.8) is 0 Å². The van der Waals surface area contributed by atoms with Crippen molar-refractivity contribution in [2.45, 2.75) is 24.0 Å². The minimum atomic E-state index is -3.48. The van der Waals surface area contributed by atoms with Crippen molar-refractivity contribution in [1.29, 1.82) is 0 Å². The van der Waals surface area contributed by atoms with Crippen molar-refractivity contribution in [2.75, 3.05) is 10.7 Å². The molecule has 2 N–H and O–H groups in total. The van der Waals surface area contributed by atoms with Crippen molar-refractivity contribution in [1.82, 2.24) is 9.97 Å². The molecule has 9 heteroatoms. The van der Waals surface area contributed by atoms with Gasteiger partial charge in [0.05, 0.1) is 28.2 Å². The number of hydrogen-bond acceptors (Lipinski definition) is 7. The maximum atomic E-state index is 12.6. The number of anilines is 3. The Hall–Kier alpha value is -2.97. The zero-order valence-corrected chi connectivity index (χ0v) is 17.4. The molecule has 1 aromatic heterocycles. The Balaban J connectivity index is 1.84. The number of benzene rings is 2. The van der Waals surface area contributed by atoms with Crippen molar-refractivity contribution < 1.29 is 8.42 Å². The lowest BCUT2D eigenvalue weighted by molar-refractivity contribution is 0.588. The van der Waals surface area contributed by atoms with E-state index in [9.17, 15) is 8.42 Å². The molecule has 3 aromatic rings. The smallest absolute Gasteiger partial charge is 0.245 e. The Morgan fingerprint density at radius 2 is 1.76 bits per heavy atom. The van der Waals surface area contributed by atoms with Crippen molar-refractivity contribution in [2.24, 2.45) is 5.10 Å².